The van der Waals surface area contributed by atoms with Gasteiger partial charge in [0.2, 0.25) is 10.0 Å². The third-order valence-electron chi connectivity index (χ3n) is 6.60. The maximum Gasteiger partial charge on any atom is 0.240 e. The molecular weight excluding hydrogens is 508 g/mol. The van der Waals surface area contributed by atoms with Crippen molar-refractivity contribution in [1.82, 2.24) is 19.5 Å². The Balaban J connectivity index is 1.16. The zero-order valence-electron chi connectivity index (χ0n) is 22.1. The number of β-amino-alcohol motifs (C(OH)–C–C–N with tert-alkyl or cyclic N) is 1. The van der Waals surface area contributed by atoms with Gasteiger partial charge in [0.25, 0.3) is 0 Å². The van der Waals surface area contributed by atoms with E-state index in [9.17, 15) is 13.5 Å². The summed E-state index contributed by atoms with van der Waals surface area (Å²) >= 11 is 1.63. The Morgan fingerprint density at radius 3 is 2.43 bits per heavy atom. The predicted octanol–water partition coefficient (Wildman–Crippen LogP) is 3.24. The van der Waals surface area contributed by atoms with Crippen LogP contribution in [0, 0.1) is 6.92 Å². The molecule has 2 aromatic carbocycles. The number of piperazine rings is 1. The van der Waals surface area contributed by atoms with Gasteiger partial charge in [0, 0.05) is 45.8 Å². The van der Waals surface area contributed by atoms with E-state index in [0.717, 1.165) is 47.0 Å². The van der Waals surface area contributed by atoms with Crippen LogP contribution in [0.15, 0.2) is 47.4 Å². The second-order valence-corrected chi connectivity index (χ2v) is 13.6. The minimum absolute atomic E-state index is 0.0175. The van der Waals surface area contributed by atoms with Crippen LogP contribution in [-0.4, -0.2) is 86.8 Å². The van der Waals surface area contributed by atoms with E-state index in [2.05, 4.69) is 40.3 Å². The molecule has 2 heterocycles. The number of aliphatic hydroxyl groups is 1. The number of aliphatic hydroxyl groups excluding tert-OH is 1. The number of nitrogens with one attached hydrogen (secondary N) is 1. The first-order valence-corrected chi connectivity index (χ1v) is 15.0. The lowest BCUT2D eigenvalue weighted by Crippen LogP contribution is -2.50. The lowest BCUT2D eigenvalue weighted by molar-refractivity contribution is 0.0468. The molecule has 1 aromatic heterocycles. The topological polar surface area (TPSA) is 95.0 Å². The van der Waals surface area contributed by atoms with E-state index in [-0.39, 0.29) is 12.0 Å². The fourth-order valence-electron chi connectivity index (χ4n) is 4.44. The summed E-state index contributed by atoms with van der Waals surface area (Å²) in [5, 5.41) is 11.5. The van der Waals surface area contributed by atoms with Gasteiger partial charge in [-0.15, -0.1) is 11.3 Å². The number of hydrogen-bond donors (Lipinski definition) is 2. The minimum atomic E-state index is -3.53. The molecule has 10 heteroatoms. The highest BCUT2D eigenvalue weighted by atomic mass is 32.2. The number of sulfonamides is 1. The Morgan fingerprint density at radius 1 is 1.08 bits per heavy atom. The molecule has 3 aromatic rings. The highest BCUT2D eigenvalue weighted by Gasteiger charge is 2.21. The minimum Gasteiger partial charge on any atom is -0.489 e. The van der Waals surface area contributed by atoms with Gasteiger partial charge in [0.1, 0.15) is 24.0 Å². The third kappa shape index (κ3) is 7.49. The quantitative estimate of drug-likeness (QED) is 0.403. The van der Waals surface area contributed by atoms with Crippen molar-refractivity contribution in [2.24, 2.45) is 0 Å². The molecule has 0 amide bonds. The first-order chi connectivity index (χ1) is 17.5. The normalized spacial score (nSPS) is 16.8. The van der Waals surface area contributed by atoms with Crippen LogP contribution in [0.2, 0.25) is 0 Å². The van der Waals surface area contributed by atoms with Gasteiger partial charge in [0.15, 0.2) is 0 Å². The highest BCUT2D eigenvalue weighted by molar-refractivity contribution is 7.89. The summed E-state index contributed by atoms with van der Waals surface area (Å²) in [5.74, 6) is 0.707. The number of thiazole rings is 1. The van der Waals surface area contributed by atoms with Crippen molar-refractivity contribution in [3.05, 3.63) is 53.0 Å². The van der Waals surface area contributed by atoms with E-state index >= 15 is 0 Å². The number of fused-ring (bicyclic) bond motifs is 1. The largest absolute Gasteiger partial charge is 0.489 e. The zero-order valence-corrected chi connectivity index (χ0v) is 23.7. The molecule has 0 unspecified atom stereocenters. The summed E-state index contributed by atoms with van der Waals surface area (Å²) in [5.41, 5.74) is 1.94. The SMILES string of the molecule is Cc1nc2c(OC[C@H](O)CN3CCN(CCNS(=O)(=O)c4ccc(C(C)(C)C)cc4)CC3)cccc2s1. The highest BCUT2D eigenvalue weighted by Crippen LogP contribution is 2.29. The molecule has 0 aliphatic carbocycles. The van der Waals surface area contributed by atoms with Crippen LogP contribution in [0.3, 0.4) is 0 Å². The molecule has 202 valence electrons. The lowest BCUT2D eigenvalue weighted by Gasteiger charge is -2.35. The Kier molecular flexibility index (Phi) is 8.88. The maximum atomic E-state index is 12.7. The molecular formula is C27H38N4O4S2. The van der Waals surface area contributed by atoms with E-state index in [0.29, 0.717) is 30.3 Å². The summed E-state index contributed by atoms with van der Waals surface area (Å²) in [6, 6.07) is 13.0. The summed E-state index contributed by atoms with van der Waals surface area (Å²) in [6.45, 7) is 13.3. The fraction of sp³-hybridized carbons (Fsp3) is 0.519. The Bertz CT molecular complexity index is 1280. The number of benzene rings is 2. The van der Waals surface area contributed by atoms with Crippen molar-refractivity contribution in [1.29, 1.82) is 0 Å². The van der Waals surface area contributed by atoms with Crippen molar-refractivity contribution in [3.63, 3.8) is 0 Å². The molecule has 37 heavy (non-hydrogen) atoms. The smallest absolute Gasteiger partial charge is 0.240 e. The van der Waals surface area contributed by atoms with Crippen LogP contribution in [0.1, 0.15) is 31.3 Å². The van der Waals surface area contributed by atoms with Gasteiger partial charge in [-0.25, -0.2) is 18.1 Å². The van der Waals surface area contributed by atoms with Crippen LogP contribution >= 0.6 is 11.3 Å². The summed E-state index contributed by atoms with van der Waals surface area (Å²) in [7, 11) is -3.53. The number of para-hydroxylation sites is 1. The number of nitrogens with zero attached hydrogens (tertiary/aromatic N) is 3. The monoisotopic (exact) mass is 546 g/mol. The molecule has 0 saturated carbocycles. The molecule has 0 bridgehead atoms. The molecule has 1 atom stereocenters. The molecule has 1 aliphatic rings. The Hall–Kier alpha value is -2.08. The van der Waals surface area contributed by atoms with Gasteiger partial charge in [-0.3, -0.25) is 9.80 Å². The number of ether oxygens (including phenoxy) is 1. The van der Waals surface area contributed by atoms with Crippen molar-refractivity contribution in [3.8, 4) is 5.75 Å². The van der Waals surface area contributed by atoms with Crippen molar-refractivity contribution >= 4 is 31.6 Å². The summed E-state index contributed by atoms with van der Waals surface area (Å²) in [4.78, 5) is 9.30. The third-order valence-corrected chi connectivity index (χ3v) is 9.02. The van der Waals surface area contributed by atoms with Gasteiger partial charge in [0.05, 0.1) is 14.6 Å². The molecule has 1 aliphatic heterocycles. The second kappa shape index (κ2) is 11.8. The van der Waals surface area contributed by atoms with E-state index in [4.69, 9.17) is 4.74 Å². The van der Waals surface area contributed by atoms with Crippen LogP contribution in [0.5, 0.6) is 5.75 Å². The average molecular weight is 547 g/mol. The lowest BCUT2D eigenvalue weighted by atomic mass is 9.87. The summed E-state index contributed by atoms with van der Waals surface area (Å²) < 4.78 is 35.0. The van der Waals surface area contributed by atoms with Crippen LogP contribution in [0.4, 0.5) is 0 Å². The van der Waals surface area contributed by atoms with Crippen molar-refractivity contribution in [2.75, 3.05) is 52.4 Å². The maximum absolute atomic E-state index is 12.7. The molecule has 0 radical (unpaired) electrons. The Labute approximate surface area is 224 Å². The van der Waals surface area contributed by atoms with Gasteiger partial charge in [-0.2, -0.15) is 0 Å². The fourth-order valence-corrected chi connectivity index (χ4v) is 6.30. The number of aryl methyl sites for hydroxylation is 1. The molecule has 0 spiro atoms. The predicted molar refractivity (Wildman–Crippen MR) is 149 cm³/mol. The average Bonchev–Trinajstić information content (AvgIpc) is 3.24. The van der Waals surface area contributed by atoms with Crippen LogP contribution < -0.4 is 9.46 Å². The van der Waals surface area contributed by atoms with Gasteiger partial charge in [-0.1, -0.05) is 39.0 Å². The first-order valence-electron chi connectivity index (χ1n) is 12.7. The first kappa shape index (κ1) is 27.9. The molecule has 1 fully saturated rings. The molecule has 8 nitrogen and oxygen atoms in total. The number of hydrogen-bond acceptors (Lipinski definition) is 8. The summed E-state index contributed by atoms with van der Waals surface area (Å²) in [6.07, 6.45) is -0.599. The van der Waals surface area contributed by atoms with Crippen molar-refractivity contribution in [2.45, 2.75) is 44.1 Å². The van der Waals surface area contributed by atoms with Crippen LogP contribution in [0.25, 0.3) is 10.2 Å². The van der Waals surface area contributed by atoms with Crippen molar-refractivity contribution < 1.29 is 18.3 Å². The molecule has 2 N–H and O–H groups in total. The van der Waals surface area contributed by atoms with E-state index in [1.165, 1.54) is 0 Å². The van der Waals surface area contributed by atoms with Gasteiger partial charge in [-0.05, 0) is 42.2 Å². The zero-order chi connectivity index (χ0) is 26.6. The molecule has 1 saturated heterocycles. The second-order valence-electron chi connectivity index (χ2n) is 10.6. The number of aromatic nitrogens is 1. The molecule has 4 rings (SSSR count). The van der Waals surface area contributed by atoms with Crippen LogP contribution in [-0.2, 0) is 15.4 Å². The van der Waals surface area contributed by atoms with Gasteiger partial charge < -0.3 is 9.84 Å². The van der Waals surface area contributed by atoms with Gasteiger partial charge >= 0.3 is 0 Å². The Morgan fingerprint density at radius 2 is 1.76 bits per heavy atom. The van der Waals surface area contributed by atoms with E-state index < -0.39 is 16.1 Å². The number of rotatable bonds is 10. The van der Waals surface area contributed by atoms with E-state index in [1.807, 2.05) is 37.3 Å². The standard InChI is InChI=1S/C27H38N4O4S2/c1-20-29-26-24(6-5-7-25(26)36-20)35-19-22(32)18-31-16-14-30(15-17-31)13-12-28-37(33,34)23-10-8-21(9-11-23)27(2,3)4/h5-11,22,28,32H,12-19H2,1-4H3/t22-/m1/s1. The van der Waals surface area contributed by atoms with E-state index in [1.54, 1.807) is 23.5 Å².